The first-order valence-corrected chi connectivity index (χ1v) is 5.28. The van der Waals surface area contributed by atoms with Crippen molar-refractivity contribution in [3.63, 3.8) is 0 Å². The van der Waals surface area contributed by atoms with Crippen molar-refractivity contribution in [3.8, 4) is 0 Å². The van der Waals surface area contributed by atoms with Gasteiger partial charge < -0.3 is 6.15 Å². The van der Waals surface area contributed by atoms with E-state index in [2.05, 4.69) is 25.3 Å². The molecule has 0 fully saturated rings. The highest BCUT2D eigenvalue weighted by Crippen LogP contribution is 2.29. The molecule has 0 bridgehead atoms. The van der Waals surface area contributed by atoms with Gasteiger partial charge >= 0.3 is 0 Å². The van der Waals surface area contributed by atoms with Crippen molar-refractivity contribution in [2.24, 2.45) is 0 Å². The summed E-state index contributed by atoms with van der Waals surface area (Å²) in [5.74, 6) is 0. The SMILES string of the molecule is C=C/C(C)=C(\C=C)Sc1ccccc1.N. The third-order valence-electron chi connectivity index (χ3n) is 1.85. The molecule has 80 valence electrons. The molecule has 0 radical (unpaired) electrons. The molecule has 0 unspecified atom stereocenters. The molecule has 0 aliphatic heterocycles. The molecule has 0 aromatic heterocycles. The molecule has 15 heavy (non-hydrogen) atoms. The topological polar surface area (TPSA) is 35.0 Å². The smallest absolute Gasteiger partial charge is 0.0145 e. The molecule has 1 rings (SSSR count). The molecule has 0 spiro atoms. The molecule has 0 heterocycles. The molecule has 0 saturated carbocycles. The van der Waals surface area contributed by atoms with Crippen LogP contribution >= 0.6 is 11.8 Å². The number of benzene rings is 1. The second kappa shape index (κ2) is 7.10. The number of thioether (sulfide) groups is 1. The van der Waals surface area contributed by atoms with Crippen molar-refractivity contribution in [1.82, 2.24) is 6.15 Å². The minimum atomic E-state index is 0. The fourth-order valence-electron chi connectivity index (χ4n) is 0.999. The van der Waals surface area contributed by atoms with Crippen molar-refractivity contribution >= 4 is 11.8 Å². The fraction of sp³-hybridized carbons (Fsp3) is 0.0769. The maximum absolute atomic E-state index is 3.80. The summed E-state index contributed by atoms with van der Waals surface area (Å²) in [7, 11) is 0. The van der Waals surface area contributed by atoms with Crippen LogP contribution in [-0.2, 0) is 0 Å². The Morgan fingerprint density at radius 2 is 1.73 bits per heavy atom. The number of allylic oxidation sites excluding steroid dienone is 3. The second-order valence-corrected chi connectivity index (χ2v) is 3.99. The van der Waals surface area contributed by atoms with Crippen molar-refractivity contribution in [3.05, 3.63) is 66.1 Å². The monoisotopic (exact) mass is 219 g/mol. The van der Waals surface area contributed by atoms with E-state index in [0.717, 1.165) is 10.5 Å². The fourth-order valence-corrected chi connectivity index (χ4v) is 1.87. The van der Waals surface area contributed by atoms with Crippen LogP contribution in [0.4, 0.5) is 0 Å². The third-order valence-corrected chi connectivity index (χ3v) is 3.07. The van der Waals surface area contributed by atoms with Crippen LogP contribution in [-0.4, -0.2) is 0 Å². The van der Waals surface area contributed by atoms with Gasteiger partial charge in [-0.15, -0.1) is 0 Å². The predicted octanol–water partition coefficient (Wildman–Crippen LogP) is 4.59. The zero-order valence-electron chi connectivity index (χ0n) is 9.07. The zero-order valence-corrected chi connectivity index (χ0v) is 9.89. The molecule has 0 amide bonds. The van der Waals surface area contributed by atoms with E-state index >= 15 is 0 Å². The lowest BCUT2D eigenvalue weighted by atomic mass is 10.3. The van der Waals surface area contributed by atoms with Crippen molar-refractivity contribution in [2.75, 3.05) is 0 Å². The van der Waals surface area contributed by atoms with Gasteiger partial charge in [0.15, 0.2) is 0 Å². The quantitative estimate of drug-likeness (QED) is 0.594. The van der Waals surface area contributed by atoms with Gasteiger partial charge in [0.2, 0.25) is 0 Å². The molecule has 3 N–H and O–H groups in total. The van der Waals surface area contributed by atoms with E-state index in [0.29, 0.717) is 0 Å². The van der Waals surface area contributed by atoms with Crippen molar-refractivity contribution in [2.45, 2.75) is 11.8 Å². The largest absolute Gasteiger partial charge is 0.344 e. The number of hydrogen-bond donors (Lipinski definition) is 1. The molecule has 1 aromatic rings. The van der Waals surface area contributed by atoms with Crippen molar-refractivity contribution in [1.29, 1.82) is 0 Å². The van der Waals surface area contributed by atoms with E-state index in [1.165, 1.54) is 4.90 Å². The van der Waals surface area contributed by atoms with Gasteiger partial charge in [0, 0.05) is 9.80 Å². The lowest BCUT2D eigenvalue weighted by molar-refractivity contribution is 1.45. The summed E-state index contributed by atoms with van der Waals surface area (Å²) in [6.07, 6.45) is 3.72. The first kappa shape index (κ1) is 13.8. The molecule has 0 aliphatic rings. The Labute approximate surface area is 96.2 Å². The van der Waals surface area contributed by atoms with Gasteiger partial charge in [0.1, 0.15) is 0 Å². The minimum absolute atomic E-state index is 0. The Bertz CT molecular complexity index is 352. The highest BCUT2D eigenvalue weighted by atomic mass is 32.2. The second-order valence-electron chi connectivity index (χ2n) is 2.87. The normalized spacial score (nSPS) is 11.0. The maximum atomic E-state index is 3.80. The number of hydrogen-bond acceptors (Lipinski definition) is 2. The van der Waals surface area contributed by atoms with Crippen molar-refractivity contribution < 1.29 is 0 Å². The molecule has 2 heteroatoms. The van der Waals surface area contributed by atoms with Crippen LogP contribution in [0.15, 0.2) is 71.0 Å². The highest BCUT2D eigenvalue weighted by molar-refractivity contribution is 8.03. The Morgan fingerprint density at radius 1 is 1.13 bits per heavy atom. The van der Waals surface area contributed by atoms with E-state index < -0.39 is 0 Å². The summed E-state index contributed by atoms with van der Waals surface area (Å²) < 4.78 is 0. The Kier molecular flexibility index (Phi) is 6.50. The highest BCUT2D eigenvalue weighted by Gasteiger charge is 1.98. The lowest BCUT2D eigenvalue weighted by Gasteiger charge is -2.04. The van der Waals surface area contributed by atoms with Gasteiger partial charge in [-0.25, -0.2) is 0 Å². The Balaban J connectivity index is 0.00000196. The third kappa shape index (κ3) is 4.19. The van der Waals surface area contributed by atoms with Crippen LogP contribution in [0.3, 0.4) is 0 Å². The van der Waals surface area contributed by atoms with Gasteiger partial charge in [-0.1, -0.05) is 55.3 Å². The molecule has 1 aromatic carbocycles. The summed E-state index contributed by atoms with van der Waals surface area (Å²) in [6, 6.07) is 10.3. The van der Waals surface area contributed by atoms with Crippen LogP contribution in [0.2, 0.25) is 0 Å². The number of rotatable bonds is 4. The minimum Gasteiger partial charge on any atom is -0.344 e. The van der Waals surface area contributed by atoms with E-state index in [4.69, 9.17) is 0 Å². The van der Waals surface area contributed by atoms with E-state index in [-0.39, 0.29) is 6.15 Å². The van der Waals surface area contributed by atoms with E-state index in [9.17, 15) is 0 Å². The first-order valence-electron chi connectivity index (χ1n) is 4.46. The molecule has 0 saturated heterocycles. The van der Waals surface area contributed by atoms with Crippen LogP contribution < -0.4 is 6.15 Å². The average molecular weight is 219 g/mol. The standard InChI is InChI=1S/C13H14S.H3N/c1-4-11(3)13(5-2)14-12-9-7-6-8-10-12;/h4-10H,1-2H2,3H3;1H3/b13-11+;. The molecule has 0 atom stereocenters. The van der Waals surface area contributed by atoms with Crippen LogP contribution in [0.25, 0.3) is 0 Å². The Hall–Kier alpha value is -1.25. The summed E-state index contributed by atoms with van der Waals surface area (Å²) in [5, 5.41) is 0. The van der Waals surface area contributed by atoms with Crippen LogP contribution in [0.5, 0.6) is 0 Å². The predicted molar refractivity (Wildman–Crippen MR) is 70.4 cm³/mol. The van der Waals surface area contributed by atoms with E-state index in [1.54, 1.807) is 11.8 Å². The molecular weight excluding hydrogens is 202 g/mol. The van der Waals surface area contributed by atoms with Gasteiger partial charge in [0.25, 0.3) is 0 Å². The van der Waals surface area contributed by atoms with E-state index in [1.807, 2.05) is 37.3 Å². The van der Waals surface area contributed by atoms with Crippen LogP contribution in [0.1, 0.15) is 6.92 Å². The Morgan fingerprint density at radius 3 is 2.20 bits per heavy atom. The summed E-state index contributed by atoms with van der Waals surface area (Å²) in [5.41, 5.74) is 1.16. The van der Waals surface area contributed by atoms with Gasteiger partial charge in [-0.05, 0) is 24.6 Å². The maximum Gasteiger partial charge on any atom is 0.0145 e. The molecule has 1 nitrogen and oxygen atoms in total. The summed E-state index contributed by atoms with van der Waals surface area (Å²) >= 11 is 1.71. The van der Waals surface area contributed by atoms with Gasteiger partial charge in [-0.3, -0.25) is 0 Å². The first-order chi connectivity index (χ1) is 6.77. The molecular formula is C13H17NS. The molecule has 0 aliphatic carbocycles. The van der Waals surface area contributed by atoms with Gasteiger partial charge in [0.05, 0.1) is 0 Å². The van der Waals surface area contributed by atoms with Gasteiger partial charge in [-0.2, -0.15) is 0 Å². The summed E-state index contributed by atoms with van der Waals surface area (Å²) in [4.78, 5) is 2.38. The summed E-state index contributed by atoms with van der Waals surface area (Å²) in [6.45, 7) is 9.59. The zero-order chi connectivity index (χ0) is 10.4. The lowest BCUT2D eigenvalue weighted by Crippen LogP contribution is -1.77. The van der Waals surface area contributed by atoms with Crippen LogP contribution in [0, 0.1) is 0 Å². The average Bonchev–Trinajstić information content (AvgIpc) is 2.26.